The zero-order valence-corrected chi connectivity index (χ0v) is 13.3. The molecule has 1 fully saturated rings. The fourth-order valence-electron chi connectivity index (χ4n) is 2.99. The minimum absolute atomic E-state index is 0.246. The molecule has 0 spiro atoms. The van der Waals surface area contributed by atoms with Crippen molar-refractivity contribution < 1.29 is 4.74 Å². The summed E-state index contributed by atoms with van der Waals surface area (Å²) in [4.78, 5) is 11.0. The van der Waals surface area contributed by atoms with Gasteiger partial charge in [-0.15, -0.1) is 0 Å². The summed E-state index contributed by atoms with van der Waals surface area (Å²) in [6, 6.07) is 11.2. The number of piperidine rings is 1. The number of hydrogen-bond donors (Lipinski definition) is 0. The molecule has 0 saturated carbocycles. The van der Waals surface area contributed by atoms with Crippen LogP contribution in [-0.4, -0.2) is 34.1 Å². The summed E-state index contributed by atoms with van der Waals surface area (Å²) in [5.41, 5.74) is 2.28. The van der Waals surface area contributed by atoms with Gasteiger partial charge in [-0.3, -0.25) is 9.88 Å². The molecule has 4 heteroatoms. The predicted molar refractivity (Wildman–Crippen MR) is 86.8 cm³/mol. The largest absolute Gasteiger partial charge is 0.473 e. The monoisotopic (exact) mass is 297 g/mol. The molecule has 22 heavy (non-hydrogen) atoms. The van der Waals surface area contributed by atoms with Gasteiger partial charge in [-0.25, -0.2) is 4.98 Å². The van der Waals surface area contributed by atoms with E-state index in [1.807, 2.05) is 6.92 Å². The fraction of sp³-hybridized carbons (Fsp3) is 0.444. The minimum Gasteiger partial charge on any atom is -0.473 e. The van der Waals surface area contributed by atoms with Crippen molar-refractivity contribution >= 4 is 0 Å². The van der Waals surface area contributed by atoms with Crippen molar-refractivity contribution in [3.63, 3.8) is 0 Å². The van der Waals surface area contributed by atoms with Gasteiger partial charge >= 0.3 is 0 Å². The number of likely N-dealkylation sites (tertiary alicyclic amines) is 1. The Morgan fingerprint density at radius 1 is 1.14 bits per heavy atom. The van der Waals surface area contributed by atoms with Gasteiger partial charge < -0.3 is 4.74 Å². The van der Waals surface area contributed by atoms with Crippen LogP contribution in [0.3, 0.4) is 0 Å². The number of aryl methyl sites for hydroxylation is 1. The third kappa shape index (κ3) is 3.63. The maximum Gasteiger partial charge on any atom is 0.232 e. The molecule has 1 unspecified atom stereocenters. The molecule has 1 saturated heterocycles. The first-order chi connectivity index (χ1) is 10.7. The second kappa shape index (κ2) is 6.88. The van der Waals surface area contributed by atoms with Crippen LogP contribution in [0.4, 0.5) is 0 Å². The molecule has 2 heterocycles. The van der Waals surface area contributed by atoms with E-state index in [0.717, 1.165) is 31.6 Å². The zero-order valence-electron chi connectivity index (χ0n) is 13.3. The lowest BCUT2D eigenvalue weighted by Crippen LogP contribution is -2.39. The van der Waals surface area contributed by atoms with Gasteiger partial charge in [0.15, 0.2) is 0 Å². The molecule has 1 aliphatic heterocycles. The molecular weight excluding hydrogens is 274 g/mol. The first kappa shape index (κ1) is 15.0. The van der Waals surface area contributed by atoms with Gasteiger partial charge in [0.1, 0.15) is 6.10 Å². The molecule has 0 bridgehead atoms. The molecule has 2 aromatic rings. The summed E-state index contributed by atoms with van der Waals surface area (Å²) in [5.74, 6) is 0.648. The smallest absolute Gasteiger partial charge is 0.232 e. The summed E-state index contributed by atoms with van der Waals surface area (Å²) in [6.45, 7) is 6.33. The highest BCUT2D eigenvalue weighted by Gasteiger charge is 2.24. The van der Waals surface area contributed by atoms with Crippen LogP contribution in [0.2, 0.25) is 0 Å². The molecule has 0 radical (unpaired) electrons. The van der Waals surface area contributed by atoms with Gasteiger partial charge in [0.05, 0.1) is 11.9 Å². The number of benzene rings is 1. The maximum absolute atomic E-state index is 5.97. The van der Waals surface area contributed by atoms with E-state index in [1.165, 1.54) is 5.56 Å². The molecule has 1 atom stereocenters. The van der Waals surface area contributed by atoms with Gasteiger partial charge in [0.25, 0.3) is 0 Å². The van der Waals surface area contributed by atoms with Crippen LogP contribution >= 0.6 is 0 Å². The van der Waals surface area contributed by atoms with Crippen LogP contribution in [-0.2, 0) is 0 Å². The molecule has 0 N–H and O–H groups in total. The summed E-state index contributed by atoms with van der Waals surface area (Å²) < 4.78 is 5.97. The van der Waals surface area contributed by atoms with E-state index in [2.05, 4.69) is 52.1 Å². The Hall–Kier alpha value is -1.94. The van der Waals surface area contributed by atoms with E-state index in [4.69, 9.17) is 4.74 Å². The molecule has 0 amide bonds. The summed E-state index contributed by atoms with van der Waals surface area (Å²) >= 11 is 0. The third-order valence-electron chi connectivity index (χ3n) is 4.33. The van der Waals surface area contributed by atoms with E-state index in [-0.39, 0.29) is 6.10 Å². The molecule has 1 aliphatic rings. The third-order valence-corrected chi connectivity index (χ3v) is 4.33. The highest BCUT2D eigenvalue weighted by Crippen LogP contribution is 2.25. The Bertz CT molecular complexity index is 594. The van der Waals surface area contributed by atoms with Gasteiger partial charge in [-0.1, -0.05) is 30.3 Å². The average molecular weight is 297 g/mol. The lowest BCUT2D eigenvalue weighted by atomic mass is 10.0. The summed E-state index contributed by atoms with van der Waals surface area (Å²) in [7, 11) is 0. The number of rotatable bonds is 4. The molecule has 116 valence electrons. The molecule has 1 aromatic carbocycles. The van der Waals surface area contributed by atoms with E-state index in [0.29, 0.717) is 11.9 Å². The number of aromatic nitrogens is 2. The SMILES string of the molecule is Cc1cncc(OC2CCN(C(C)c3ccccc3)CC2)n1. The van der Waals surface area contributed by atoms with E-state index >= 15 is 0 Å². The Morgan fingerprint density at radius 3 is 2.55 bits per heavy atom. The molecule has 1 aromatic heterocycles. The topological polar surface area (TPSA) is 38.2 Å². The van der Waals surface area contributed by atoms with Crippen molar-refractivity contribution in [1.82, 2.24) is 14.9 Å². The first-order valence-electron chi connectivity index (χ1n) is 7.96. The van der Waals surface area contributed by atoms with Crippen molar-refractivity contribution in [2.24, 2.45) is 0 Å². The van der Waals surface area contributed by atoms with Crippen LogP contribution in [0, 0.1) is 6.92 Å². The van der Waals surface area contributed by atoms with Crippen LogP contribution in [0.5, 0.6) is 5.88 Å². The van der Waals surface area contributed by atoms with Crippen LogP contribution < -0.4 is 4.74 Å². The van der Waals surface area contributed by atoms with Crippen LogP contribution in [0.25, 0.3) is 0 Å². The highest BCUT2D eigenvalue weighted by atomic mass is 16.5. The molecule has 0 aliphatic carbocycles. The van der Waals surface area contributed by atoms with Crippen molar-refractivity contribution in [2.75, 3.05) is 13.1 Å². The summed E-state index contributed by atoms with van der Waals surface area (Å²) in [5, 5.41) is 0. The second-order valence-corrected chi connectivity index (χ2v) is 5.94. The normalized spacial score (nSPS) is 18.1. The van der Waals surface area contributed by atoms with E-state index < -0.39 is 0 Å². The predicted octanol–water partition coefficient (Wildman–Crippen LogP) is 3.39. The molecule has 4 nitrogen and oxygen atoms in total. The lowest BCUT2D eigenvalue weighted by molar-refractivity contribution is 0.0764. The van der Waals surface area contributed by atoms with Gasteiger partial charge in [0, 0.05) is 25.3 Å². The Labute approximate surface area is 132 Å². The van der Waals surface area contributed by atoms with Crippen molar-refractivity contribution in [2.45, 2.75) is 38.8 Å². The highest BCUT2D eigenvalue weighted by molar-refractivity contribution is 5.18. The number of hydrogen-bond acceptors (Lipinski definition) is 4. The van der Waals surface area contributed by atoms with Crippen LogP contribution in [0.1, 0.15) is 37.1 Å². The maximum atomic E-state index is 5.97. The minimum atomic E-state index is 0.246. The van der Waals surface area contributed by atoms with E-state index in [1.54, 1.807) is 12.4 Å². The van der Waals surface area contributed by atoms with Gasteiger partial charge in [-0.05, 0) is 32.3 Å². The van der Waals surface area contributed by atoms with Gasteiger partial charge in [0.2, 0.25) is 5.88 Å². The lowest BCUT2D eigenvalue weighted by Gasteiger charge is -2.36. The number of nitrogens with zero attached hydrogens (tertiary/aromatic N) is 3. The quantitative estimate of drug-likeness (QED) is 0.867. The Balaban J connectivity index is 1.54. The average Bonchev–Trinajstić information content (AvgIpc) is 2.56. The Kier molecular flexibility index (Phi) is 4.68. The first-order valence-corrected chi connectivity index (χ1v) is 7.96. The zero-order chi connectivity index (χ0) is 15.4. The number of ether oxygens (including phenoxy) is 1. The van der Waals surface area contributed by atoms with Gasteiger partial charge in [-0.2, -0.15) is 0 Å². The van der Waals surface area contributed by atoms with Crippen LogP contribution in [0.15, 0.2) is 42.7 Å². The Morgan fingerprint density at radius 2 is 1.86 bits per heavy atom. The van der Waals surface area contributed by atoms with Crippen molar-refractivity contribution in [3.8, 4) is 5.88 Å². The van der Waals surface area contributed by atoms with Crippen molar-refractivity contribution in [1.29, 1.82) is 0 Å². The van der Waals surface area contributed by atoms with Crippen molar-refractivity contribution in [3.05, 3.63) is 54.0 Å². The molecular formula is C18H23N3O. The molecule has 3 rings (SSSR count). The standard InChI is InChI=1S/C18H23N3O/c1-14-12-19-13-18(20-14)22-17-8-10-21(11-9-17)15(2)16-6-4-3-5-7-16/h3-7,12-13,15,17H,8-11H2,1-2H3. The summed E-state index contributed by atoms with van der Waals surface area (Å²) in [6.07, 6.45) is 5.76. The fourth-order valence-corrected chi connectivity index (χ4v) is 2.99. The second-order valence-electron chi connectivity index (χ2n) is 5.94. The van der Waals surface area contributed by atoms with E-state index in [9.17, 15) is 0 Å².